The Balaban J connectivity index is 1.37. The molecule has 2 aromatic heterocycles. The molecule has 0 saturated carbocycles. The number of carbonyl (C=O) groups excluding carboxylic acids is 2. The van der Waals surface area contributed by atoms with Gasteiger partial charge in [0, 0.05) is 16.6 Å². The molecule has 29 heavy (non-hydrogen) atoms. The number of Topliss-reactive ketones (excluding diaryl/α,β-unsaturated/α-hetero) is 1. The Morgan fingerprint density at radius 2 is 1.79 bits per heavy atom. The van der Waals surface area contributed by atoms with E-state index in [2.05, 4.69) is 20.5 Å². The maximum absolute atomic E-state index is 12.2. The van der Waals surface area contributed by atoms with Gasteiger partial charge in [0.1, 0.15) is 5.69 Å². The molecule has 2 heterocycles. The SMILES string of the molecule is CC(=O)c1ccc(NC(=O)CSc2nnc(-c3ccc4ccccc4n3)s2)cc1. The molecule has 0 bridgehead atoms. The highest BCUT2D eigenvalue weighted by Gasteiger charge is 2.11. The van der Waals surface area contributed by atoms with E-state index in [9.17, 15) is 9.59 Å². The van der Waals surface area contributed by atoms with E-state index in [-0.39, 0.29) is 17.4 Å². The van der Waals surface area contributed by atoms with Gasteiger partial charge in [-0.3, -0.25) is 9.59 Å². The van der Waals surface area contributed by atoms with Crippen LogP contribution in [0.1, 0.15) is 17.3 Å². The summed E-state index contributed by atoms with van der Waals surface area (Å²) in [7, 11) is 0. The number of nitrogens with one attached hydrogen (secondary N) is 1. The van der Waals surface area contributed by atoms with E-state index in [0.29, 0.717) is 15.6 Å². The summed E-state index contributed by atoms with van der Waals surface area (Å²) in [6.45, 7) is 1.51. The number of para-hydroxylation sites is 1. The molecule has 144 valence electrons. The monoisotopic (exact) mass is 420 g/mol. The van der Waals surface area contributed by atoms with Crippen LogP contribution in [0.2, 0.25) is 0 Å². The molecule has 6 nitrogen and oxygen atoms in total. The van der Waals surface area contributed by atoms with Gasteiger partial charge in [-0.2, -0.15) is 0 Å². The van der Waals surface area contributed by atoms with Crippen molar-refractivity contribution in [2.24, 2.45) is 0 Å². The maximum atomic E-state index is 12.2. The van der Waals surface area contributed by atoms with Gasteiger partial charge in [-0.25, -0.2) is 4.98 Å². The van der Waals surface area contributed by atoms with Crippen molar-refractivity contribution in [2.45, 2.75) is 11.3 Å². The molecule has 0 fully saturated rings. The Morgan fingerprint density at radius 3 is 2.59 bits per heavy atom. The van der Waals surface area contributed by atoms with E-state index in [1.807, 2.05) is 36.4 Å². The maximum Gasteiger partial charge on any atom is 0.234 e. The summed E-state index contributed by atoms with van der Waals surface area (Å²) in [4.78, 5) is 28.1. The van der Waals surface area contributed by atoms with Crippen LogP contribution in [0, 0.1) is 0 Å². The summed E-state index contributed by atoms with van der Waals surface area (Å²) in [6, 6.07) is 18.7. The number of thioether (sulfide) groups is 1. The highest BCUT2D eigenvalue weighted by atomic mass is 32.2. The molecule has 4 aromatic rings. The fraction of sp³-hybridized carbons (Fsp3) is 0.0952. The number of hydrogen-bond acceptors (Lipinski definition) is 7. The number of aromatic nitrogens is 3. The summed E-state index contributed by atoms with van der Waals surface area (Å²) in [6.07, 6.45) is 0. The molecule has 4 rings (SSSR count). The number of carbonyl (C=O) groups is 2. The number of ketones is 1. The lowest BCUT2D eigenvalue weighted by molar-refractivity contribution is -0.113. The van der Waals surface area contributed by atoms with Crippen molar-refractivity contribution in [3.05, 3.63) is 66.2 Å². The van der Waals surface area contributed by atoms with Gasteiger partial charge >= 0.3 is 0 Å². The van der Waals surface area contributed by atoms with Crippen LogP contribution in [0.25, 0.3) is 21.6 Å². The number of benzene rings is 2. The molecule has 8 heteroatoms. The number of fused-ring (bicyclic) bond motifs is 1. The second-order valence-corrected chi connectivity index (χ2v) is 8.43. The third-order valence-corrected chi connectivity index (χ3v) is 6.21. The van der Waals surface area contributed by atoms with Crippen molar-refractivity contribution < 1.29 is 9.59 Å². The first kappa shape index (κ1) is 19.2. The first-order chi connectivity index (χ1) is 14.1. The lowest BCUT2D eigenvalue weighted by Crippen LogP contribution is -2.14. The summed E-state index contributed by atoms with van der Waals surface area (Å²) in [5.41, 5.74) is 2.94. The highest BCUT2D eigenvalue weighted by molar-refractivity contribution is 8.01. The molecule has 0 aliphatic carbocycles. The van der Waals surface area contributed by atoms with E-state index in [1.165, 1.54) is 30.0 Å². The zero-order valence-corrected chi connectivity index (χ0v) is 17.1. The van der Waals surface area contributed by atoms with E-state index < -0.39 is 0 Å². The molecule has 0 aliphatic rings. The fourth-order valence-corrected chi connectivity index (χ4v) is 4.29. The molecular formula is C21H16N4O2S2. The van der Waals surface area contributed by atoms with Crippen LogP contribution in [0.4, 0.5) is 5.69 Å². The van der Waals surface area contributed by atoms with Crippen LogP contribution in [0.3, 0.4) is 0 Å². The molecule has 0 atom stereocenters. The van der Waals surface area contributed by atoms with Crippen molar-refractivity contribution in [3.63, 3.8) is 0 Å². The minimum Gasteiger partial charge on any atom is -0.325 e. The van der Waals surface area contributed by atoms with Gasteiger partial charge in [-0.05, 0) is 43.3 Å². The number of amides is 1. The quantitative estimate of drug-likeness (QED) is 0.360. The minimum atomic E-state index is -0.147. The normalized spacial score (nSPS) is 10.8. The Morgan fingerprint density at radius 1 is 1.00 bits per heavy atom. The van der Waals surface area contributed by atoms with Crippen molar-refractivity contribution in [1.29, 1.82) is 0 Å². The predicted molar refractivity (Wildman–Crippen MR) is 116 cm³/mol. The molecule has 0 radical (unpaired) electrons. The average Bonchev–Trinajstić information content (AvgIpc) is 3.21. The zero-order valence-electron chi connectivity index (χ0n) is 15.5. The topological polar surface area (TPSA) is 84.8 Å². The number of rotatable bonds is 6. The average molecular weight is 421 g/mol. The van der Waals surface area contributed by atoms with Gasteiger partial charge in [0.2, 0.25) is 5.91 Å². The Labute approximate surface area is 175 Å². The van der Waals surface area contributed by atoms with E-state index in [0.717, 1.165) is 21.6 Å². The van der Waals surface area contributed by atoms with Crippen molar-refractivity contribution in [2.75, 3.05) is 11.1 Å². The van der Waals surface area contributed by atoms with Gasteiger partial charge in [-0.1, -0.05) is 47.4 Å². The summed E-state index contributed by atoms with van der Waals surface area (Å²) in [5, 5.41) is 13.0. The molecular weight excluding hydrogens is 404 g/mol. The zero-order chi connectivity index (χ0) is 20.2. The minimum absolute atomic E-state index is 0.00795. The Bertz CT molecular complexity index is 1190. The lowest BCUT2D eigenvalue weighted by atomic mass is 10.1. The van der Waals surface area contributed by atoms with Crippen LogP contribution in [-0.4, -0.2) is 32.6 Å². The molecule has 1 amide bonds. The predicted octanol–water partition coefficient (Wildman–Crippen LogP) is 4.69. The van der Waals surface area contributed by atoms with Crippen molar-refractivity contribution >= 4 is 51.4 Å². The highest BCUT2D eigenvalue weighted by Crippen LogP contribution is 2.29. The van der Waals surface area contributed by atoms with Gasteiger partial charge in [0.05, 0.1) is 11.3 Å². The number of nitrogens with zero attached hydrogens (tertiary/aromatic N) is 3. The molecule has 0 saturated heterocycles. The van der Waals surface area contributed by atoms with Crippen LogP contribution >= 0.6 is 23.1 Å². The Kier molecular flexibility index (Phi) is 5.64. The molecule has 0 aliphatic heterocycles. The second kappa shape index (κ2) is 8.50. The van der Waals surface area contributed by atoms with Gasteiger partial charge in [0.15, 0.2) is 15.1 Å². The summed E-state index contributed by atoms with van der Waals surface area (Å²) in [5.74, 6) is 0.0615. The summed E-state index contributed by atoms with van der Waals surface area (Å²) >= 11 is 2.73. The Hall–Kier alpha value is -3.10. The smallest absolute Gasteiger partial charge is 0.234 e. The van der Waals surface area contributed by atoms with Crippen LogP contribution in [-0.2, 0) is 4.79 Å². The van der Waals surface area contributed by atoms with E-state index in [4.69, 9.17) is 0 Å². The number of anilines is 1. The third kappa shape index (κ3) is 4.67. The van der Waals surface area contributed by atoms with Gasteiger partial charge in [0.25, 0.3) is 0 Å². The van der Waals surface area contributed by atoms with Crippen LogP contribution in [0.15, 0.2) is 65.0 Å². The number of hydrogen-bond donors (Lipinski definition) is 1. The molecule has 0 unspecified atom stereocenters. The molecule has 0 spiro atoms. The van der Waals surface area contributed by atoms with E-state index >= 15 is 0 Å². The van der Waals surface area contributed by atoms with Crippen molar-refractivity contribution in [1.82, 2.24) is 15.2 Å². The van der Waals surface area contributed by atoms with E-state index in [1.54, 1.807) is 24.3 Å². The van der Waals surface area contributed by atoms with Gasteiger partial charge < -0.3 is 5.32 Å². The molecule has 1 N–H and O–H groups in total. The molecule has 2 aromatic carbocycles. The van der Waals surface area contributed by atoms with Crippen LogP contribution in [0.5, 0.6) is 0 Å². The third-order valence-electron chi connectivity index (χ3n) is 4.13. The first-order valence-electron chi connectivity index (χ1n) is 8.82. The number of pyridine rings is 1. The second-order valence-electron chi connectivity index (χ2n) is 6.23. The van der Waals surface area contributed by atoms with Crippen LogP contribution < -0.4 is 5.32 Å². The van der Waals surface area contributed by atoms with Crippen molar-refractivity contribution in [3.8, 4) is 10.7 Å². The fourth-order valence-electron chi connectivity index (χ4n) is 2.67. The summed E-state index contributed by atoms with van der Waals surface area (Å²) < 4.78 is 0.706. The lowest BCUT2D eigenvalue weighted by Gasteiger charge is -2.04. The van der Waals surface area contributed by atoms with Gasteiger partial charge in [-0.15, -0.1) is 10.2 Å². The largest absolute Gasteiger partial charge is 0.325 e. The standard InChI is InChI=1S/C21H16N4O2S2/c1-13(26)14-6-9-16(10-7-14)22-19(27)12-28-21-25-24-20(29-21)18-11-8-15-4-2-3-5-17(15)23-18/h2-11H,12H2,1H3,(H,22,27). The first-order valence-corrected chi connectivity index (χ1v) is 10.6.